The molecule has 1 fully saturated rings. The molecule has 42 valence electrons. The van der Waals surface area contributed by atoms with Gasteiger partial charge in [-0.2, -0.15) is 0 Å². The van der Waals surface area contributed by atoms with Crippen LogP contribution in [0.2, 0.25) is 0 Å². The normalized spacial score (nSPS) is 42.0. The lowest BCUT2D eigenvalue weighted by atomic mass is 10.7. The van der Waals surface area contributed by atoms with Gasteiger partial charge in [0.15, 0.2) is 0 Å². The maximum Gasteiger partial charge on any atom is 0.106 e. The summed E-state index contributed by atoms with van der Waals surface area (Å²) < 4.78 is 0.0556. The zero-order valence-corrected chi connectivity index (χ0v) is 5.98. The van der Waals surface area contributed by atoms with Gasteiger partial charge in [0.05, 0.1) is 0 Å². The Kier molecular flexibility index (Phi) is 1.55. The molecule has 0 aromatic carbocycles. The van der Waals surface area contributed by atoms with Crippen molar-refractivity contribution in [3.05, 3.63) is 0 Å². The van der Waals surface area contributed by atoms with Crippen LogP contribution in [0.1, 0.15) is 6.92 Å². The highest BCUT2D eigenvalue weighted by Gasteiger charge is 2.22. The van der Waals surface area contributed by atoms with Gasteiger partial charge in [0.1, 0.15) is 4.20 Å². The fourth-order valence-electron chi connectivity index (χ4n) is 0.584. The van der Waals surface area contributed by atoms with Crippen LogP contribution >= 0.6 is 24.4 Å². The average molecular weight is 135 g/mol. The molecule has 1 aliphatic rings. The van der Waals surface area contributed by atoms with Crippen LogP contribution < -0.4 is 5.32 Å². The quantitative estimate of drug-likeness (QED) is 0.479. The van der Waals surface area contributed by atoms with Crippen LogP contribution in [-0.4, -0.2) is 16.5 Å². The Labute approximate surface area is 53.7 Å². The molecule has 1 N–H and O–H groups in total. The summed E-state index contributed by atoms with van der Waals surface area (Å²) in [6, 6.07) is 0. The van der Waals surface area contributed by atoms with Crippen molar-refractivity contribution >= 4 is 24.4 Å². The summed E-state index contributed by atoms with van der Waals surface area (Å²) >= 11 is 6.15. The van der Waals surface area contributed by atoms with E-state index in [2.05, 4.69) is 24.9 Å². The third-order valence-corrected chi connectivity index (χ3v) is 2.60. The molecule has 7 heavy (non-hydrogen) atoms. The first kappa shape index (κ1) is 5.79. The summed E-state index contributed by atoms with van der Waals surface area (Å²) in [7, 11) is 0. The number of nitrogens with one attached hydrogen (secondary N) is 1. The highest BCUT2D eigenvalue weighted by Crippen LogP contribution is 2.29. The van der Waals surface area contributed by atoms with E-state index in [1.54, 1.807) is 0 Å². The molecule has 1 aliphatic heterocycles. The zero-order valence-electron chi connectivity index (χ0n) is 4.27. The van der Waals surface area contributed by atoms with Gasteiger partial charge in [-0.25, -0.2) is 0 Å². The maximum absolute atomic E-state index is 4.30. The van der Waals surface area contributed by atoms with Gasteiger partial charge in [-0.15, -0.1) is 24.4 Å². The second-order valence-corrected chi connectivity index (χ2v) is 4.47. The summed E-state index contributed by atoms with van der Waals surface area (Å²) in [6.07, 6.45) is 0. The number of thiol groups is 1. The molecule has 1 unspecified atom stereocenters. The van der Waals surface area contributed by atoms with E-state index in [1.807, 2.05) is 11.8 Å². The van der Waals surface area contributed by atoms with Crippen molar-refractivity contribution in [2.45, 2.75) is 11.1 Å². The summed E-state index contributed by atoms with van der Waals surface area (Å²) in [5.41, 5.74) is 0. The smallest absolute Gasteiger partial charge is 0.106 e. The van der Waals surface area contributed by atoms with Gasteiger partial charge in [-0.05, 0) is 6.92 Å². The van der Waals surface area contributed by atoms with Gasteiger partial charge < -0.3 is 0 Å². The van der Waals surface area contributed by atoms with Gasteiger partial charge in [0.25, 0.3) is 0 Å². The van der Waals surface area contributed by atoms with Gasteiger partial charge >= 0.3 is 0 Å². The molecule has 1 nitrogen and oxygen atoms in total. The number of hydrogen-bond donors (Lipinski definition) is 2. The van der Waals surface area contributed by atoms with Crippen molar-refractivity contribution in [3.63, 3.8) is 0 Å². The van der Waals surface area contributed by atoms with Crippen molar-refractivity contribution in [2.75, 3.05) is 12.3 Å². The third kappa shape index (κ3) is 1.55. The summed E-state index contributed by atoms with van der Waals surface area (Å²) in [5, 5.41) is 3.22. The van der Waals surface area contributed by atoms with Crippen LogP contribution in [0.3, 0.4) is 0 Å². The van der Waals surface area contributed by atoms with Crippen LogP contribution in [-0.2, 0) is 0 Å². The van der Waals surface area contributed by atoms with Crippen LogP contribution in [0.5, 0.6) is 0 Å². The molecule has 3 heteroatoms. The van der Waals surface area contributed by atoms with Crippen LogP contribution in [0.15, 0.2) is 0 Å². The minimum atomic E-state index is 0.0556. The van der Waals surface area contributed by atoms with Crippen LogP contribution in [0, 0.1) is 0 Å². The maximum atomic E-state index is 4.30. The molecule has 1 heterocycles. The standard InChI is InChI=1S/C4H9NS2/c1-4(6)5-2-3-7-4/h5-6H,2-3H2,1H3. The number of thioether (sulfide) groups is 1. The Morgan fingerprint density at radius 1 is 1.86 bits per heavy atom. The van der Waals surface area contributed by atoms with E-state index in [-0.39, 0.29) is 4.20 Å². The van der Waals surface area contributed by atoms with E-state index in [4.69, 9.17) is 0 Å². The van der Waals surface area contributed by atoms with Crippen molar-refractivity contribution in [1.29, 1.82) is 0 Å². The molecular formula is C4H9NS2. The van der Waals surface area contributed by atoms with Crippen molar-refractivity contribution < 1.29 is 0 Å². The second-order valence-electron chi connectivity index (χ2n) is 1.76. The molecule has 1 saturated heterocycles. The fourth-order valence-corrected chi connectivity index (χ4v) is 1.78. The van der Waals surface area contributed by atoms with Gasteiger partial charge in [-0.3, -0.25) is 5.32 Å². The predicted molar refractivity (Wildman–Crippen MR) is 37.9 cm³/mol. The summed E-state index contributed by atoms with van der Waals surface area (Å²) in [5.74, 6) is 1.19. The van der Waals surface area contributed by atoms with E-state index in [9.17, 15) is 0 Å². The monoisotopic (exact) mass is 135 g/mol. The van der Waals surface area contributed by atoms with E-state index < -0.39 is 0 Å². The van der Waals surface area contributed by atoms with E-state index in [0.717, 1.165) is 6.54 Å². The lowest BCUT2D eigenvalue weighted by Crippen LogP contribution is -2.26. The van der Waals surface area contributed by atoms with Crippen LogP contribution in [0.4, 0.5) is 0 Å². The average Bonchev–Trinajstić information content (AvgIpc) is 1.84. The molecule has 0 aromatic rings. The minimum Gasteiger partial charge on any atom is -0.294 e. The molecule has 1 atom stereocenters. The fraction of sp³-hybridized carbons (Fsp3) is 1.00. The molecule has 0 aliphatic carbocycles. The first-order valence-electron chi connectivity index (χ1n) is 2.32. The second kappa shape index (κ2) is 1.88. The number of hydrogen-bond acceptors (Lipinski definition) is 3. The van der Waals surface area contributed by atoms with Gasteiger partial charge in [0.2, 0.25) is 0 Å². The number of rotatable bonds is 0. The molecule has 0 spiro atoms. The SMILES string of the molecule is CC1(S)NCCS1. The molecular weight excluding hydrogens is 126 g/mol. The van der Waals surface area contributed by atoms with Gasteiger partial charge in [0, 0.05) is 12.3 Å². The molecule has 1 rings (SSSR count). The van der Waals surface area contributed by atoms with E-state index in [0.29, 0.717) is 0 Å². The van der Waals surface area contributed by atoms with Crippen molar-refractivity contribution in [3.8, 4) is 0 Å². The zero-order chi connectivity index (χ0) is 5.33. The highest BCUT2D eigenvalue weighted by molar-refractivity contribution is 8.11. The van der Waals surface area contributed by atoms with Crippen molar-refractivity contribution in [2.24, 2.45) is 0 Å². The highest BCUT2D eigenvalue weighted by atomic mass is 32.2. The largest absolute Gasteiger partial charge is 0.294 e. The topological polar surface area (TPSA) is 12.0 Å². The molecule has 0 radical (unpaired) electrons. The lowest BCUT2D eigenvalue weighted by Gasteiger charge is -2.13. The molecule has 0 saturated carbocycles. The van der Waals surface area contributed by atoms with Gasteiger partial charge in [-0.1, -0.05) is 0 Å². The Morgan fingerprint density at radius 2 is 2.57 bits per heavy atom. The lowest BCUT2D eigenvalue weighted by molar-refractivity contribution is 0.721. The third-order valence-electron chi connectivity index (χ3n) is 0.938. The molecule has 0 amide bonds. The molecule has 0 aromatic heterocycles. The first-order valence-corrected chi connectivity index (χ1v) is 3.75. The first-order chi connectivity index (χ1) is 3.21. The van der Waals surface area contributed by atoms with E-state index in [1.165, 1.54) is 5.75 Å². The Balaban J connectivity index is 2.40. The predicted octanol–water partition coefficient (Wildman–Crippen LogP) is 0.926. The summed E-state index contributed by atoms with van der Waals surface area (Å²) in [6.45, 7) is 3.18. The van der Waals surface area contributed by atoms with E-state index >= 15 is 0 Å². The molecule has 0 bridgehead atoms. The van der Waals surface area contributed by atoms with Crippen molar-refractivity contribution in [1.82, 2.24) is 5.32 Å². The summed E-state index contributed by atoms with van der Waals surface area (Å²) in [4.78, 5) is 0. The Bertz CT molecular complexity index is 64.1. The Hall–Kier alpha value is 0.660. The minimum absolute atomic E-state index is 0.0556. The Morgan fingerprint density at radius 3 is 2.71 bits per heavy atom. The van der Waals surface area contributed by atoms with Crippen LogP contribution in [0.25, 0.3) is 0 Å².